The lowest BCUT2D eigenvalue weighted by molar-refractivity contribution is 0.224. The number of rotatable bonds is 20. The average molecular weight is 608 g/mol. The number of piperidine rings is 2. The van der Waals surface area contributed by atoms with Crippen molar-refractivity contribution in [2.45, 2.75) is 162 Å². The van der Waals surface area contributed by atoms with Gasteiger partial charge in [0.2, 0.25) is 0 Å². The van der Waals surface area contributed by atoms with Gasteiger partial charge in [0.05, 0.1) is 0 Å². The van der Waals surface area contributed by atoms with Gasteiger partial charge in [-0.15, -0.1) is 11.6 Å². The molecule has 0 bridgehead atoms. The van der Waals surface area contributed by atoms with Crippen LogP contribution in [0, 0.1) is 0 Å². The number of alkyl halides is 2. The molecule has 2 fully saturated rings. The van der Waals surface area contributed by atoms with Crippen LogP contribution in [0.25, 0.3) is 0 Å². The van der Waals surface area contributed by atoms with Crippen molar-refractivity contribution in [3.63, 3.8) is 0 Å². The van der Waals surface area contributed by atoms with E-state index in [9.17, 15) is 0 Å². The minimum absolute atomic E-state index is 0.769. The fourth-order valence-electron chi connectivity index (χ4n) is 5.36. The standard InChI is InChI=1S/2C15H31N.C3H6BrCl/c2*1-2-3-4-5-6-7-8-10-13-16-14-11-9-12-15-16;4-2-1-3-5/h2*2-15H2,1H3;1-3H2. The molecule has 0 N–H and O–H groups in total. The van der Waals surface area contributed by atoms with E-state index in [0.717, 1.165) is 17.6 Å². The molecule has 2 rings (SSSR count). The van der Waals surface area contributed by atoms with Crippen LogP contribution in [-0.4, -0.2) is 60.3 Å². The predicted molar refractivity (Wildman–Crippen MR) is 175 cm³/mol. The van der Waals surface area contributed by atoms with E-state index < -0.39 is 0 Å². The lowest BCUT2D eigenvalue weighted by atomic mass is 10.1. The monoisotopic (exact) mass is 606 g/mol. The van der Waals surface area contributed by atoms with Crippen molar-refractivity contribution in [2.75, 3.05) is 50.5 Å². The zero-order valence-corrected chi connectivity index (χ0v) is 27.9. The maximum absolute atomic E-state index is 5.27. The number of unbranched alkanes of at least 4 members (excludes halogenated alkanes) is 14. The largest absolute Gasteiger partial charge is 0.303 e. The first-order chi connectivity index (χ1) is 18.3. The topological polar surface area (TPSA) is 6.48 Å². The second kappa shape index (κ2) is 32.9. The Morgan fingerprint density at radius 2 is 0.784 bits per heavy atom. The Bertz CT molecular complexity index is 362. The van der Waals surface area contributed by atoms with Gasteiger partial charge in [0.25, 0.3) is 0 Å². The van der Waals surface area contributed by atoms with E-state index in [4.69, 9.17) is 11.6 Å². The molecule has 2 aliphatic heterocycles. The molecule has 37 heavy (non-hydrogen) atoms. The molecule has 224 valence electrons. The van der Waals surface area contributed by atoms with Crippen LogP contribution in [0.3, 0.4) is 0 Å². The highest BCUT2D eigenvalue weighted by Crippen LogP contribution is 2.13. The molecule has 0 aromatic carbocycles. The van der Waals surface area contributed by atoms with Gasteiger partial charge in [-0.2, -0.15) is 0 Å². The summed E-state index contributed by atoms with van der Waals surface area (Å²) in [7, 11) is 0. The van der Waals surface area contributed by atoms with Crippen LogP contribution in [0.1, 0.15) is 162 Å². The average Bonchev–Trinajstić information content (AvgIpc) is 2.94. The zero-order chi connectivity index (χ0) is 27.1. The van der Waals surface area contributed by atoms with Gasteiger partial charge in [0.1, 0.15) is 0 Å². The second-order valence-electron chi connectivity index (χ2n) is 11.5. The van der Waals surface area contributed by atoms with E-state index >= 15 is 0 Å². The van der Waals surface area contributed by atoms with Crippen molar-refractivity contribution in [2.24, 2.45) is 0 Å². The predicted octanol–water partition coefficient (Wildman–Crippen LogP) is 11.2. The molecule has 0 aromatic heterocycles. The van der Waals surface area contributed by atoms with E-state index in [-0.39, 0.29) is 0 Å². The molecule has 0 radical (unpaired) electrons. The summed E-state index contributed by atoms with van der Waals surface area (Å²) in [5.74, 6) is 0.769. The fourth-order valence-corrected chi connectivity index (χ4v) is 6.09. The number of nitrogens with zero attached hydrogens (tertiary/aromatic N) is 2. The zero-order valence-electron chi connectivity index (χ0n) is 25.6. The van der Waals surface area contributed by atoms with Crippen LogP contribution in [0.15, 0.2) is 0 Å². The van der Waals surface area contributed by atoms with Crippen LogP contribution < -0.4 is 0 Å². The summed E-state index contributed by atoms with van der Waals surface area (Å²) in [6.45, 7) is 12.8. The molecular formula is C33H68BrClN2. The van der Waals surface area contributed by atoms with Crippen LogP contribution in [-0.2, 0) is 0 Å². The molecule has 0 atom stereocenters. The third kappa shape index (κ3) is 29.5. The molecule has 2 aliphatic rings. The first-order valence-electron chi connectivity index (χ1n) is 16.8. The van der Waals surface area contributed by atoms with Gasteiger partial charge < -0.3 is 9.80 Å². The van der Waals surface area contributed by atoms with Gasteiger partial charge >= 0.3 is 0 Å². The van der Waals surface area contributed by atoms with Crippen molar-refractivity contribution in [3.05, 3.63) is 0 Å². The van der Waals surface area contributed by atoms with Gasteiger partial charge in [-0.25, -0.2) is 0 Å². The SMILES string of the molecule is CCCCCCCCCCN1CCCCC1.CCCCCCCCCCN1CCCCC1.ClCCCBr. The number of halogens is 2. The number of hydrogen-bond acceptors (Lipinski definition) is 2. The summed E-state index contributed by atoms with van der Waals surface area (Å²) in [4.78, 5) is 5.33. The Labute approximate surface area is 248 Å². The van der Waals surface area contributed by atoms with Gasteiger partial charge in [0.15, 0.2) is 0 Å². The third-order valence-electron chi connectivity index (χ3n) is 7.82. The van der Waals surface area contributed by atoms with E-state index in [2.05, 4.69) is 39.6 Å². The van der Waals surface area contributed by atoms with Crippen molar-refractivity contribution in [3.8, 4) is 0 Å². The number of hydrogen-bond donors (Lipinski definition) is 0. The van der Waals surface area contributed by atoms with Crippen molar-refractivity contribution >= 4 is 27.5 Å². The first kappa shape index (κ1) is 37.7. The van der Waals surface area contributed by atoms with E-state index in [1.807, 2.05) is 0 Å². The quantitative estimate of drug-likeness (QED) is 0.100. The van der Waals surface area contributed by atoms with E-state index in [1.54, 1.807) is 0 Å². The van der Waals surface area contributed by atoms with E-state index in [1.165, 1.54) is 181 Å². The van der Waals surface area contributed by atoms with Crippen molar-refractivity contribution in [1.82, 2.24) is 9.80 Å². The minimum Gasteiger partial charge on any atom is -0.303 e. The summed E-state index contributed by atoms with van der Waals surface area (Å²) in [5, 5.41) is 1.02. The summed E-state index contributed by atoms with van der Waals surface area (Å²) in [6, 6.07) is 0. The molecule has 4 heteroatoms. The van der Waals surface area contributed by atoms with E-state index in [0.29, 0.717) is 0 Å². The molecule has 0 unspecified atom stereocenters. The Morgan fingerprint density at radius 3 is 1.05 bits per heavy atom. The highest BCUT2D eigenvalue weighted by atomic mass is 79.9. The Kier molecular flexibility index (Phi) is 33.5. The Balaban J connectivity index is 0.000000594. The summed E-state index contributed by atoms with van der Waals surface area (Å²) in [5.41, 5.74) is 0. The Hall–Kier alpha value is 0.690. The van der Waals surface area contributed by atoms with Crippen molar-refractivity contribution in [1.29, 1.82) is 0 Å². The van der Waals surface area contributed by atoms with Gasteiger partial charge in [-0.3, -0.25) is 0 Å². The fraction of sp³-hybridized carbons (Fsp3) is 1.00. The lowest BCUT2D eigenvalue weighted by Gasteiger charge is -2.26. The highest BCUT2D eigenvalue weighted by molar-refractivity contribution is 9.09. The van der Waals surface area contributed by atoms with Crippen LogP contribution >= 0.6 is 27.5 Å². The van der Waals surface area contributed by atoms with Crippen LogP contribution in [0.4, 0.5) is 0 Å². The van der Waals surface area contributed by atoms with Gasteiger partial charge in [-0.1, -0.05) is 133 Å². The summed E-state index contributed by atoms with van der Waals surface area (Å²) < 4.78 is 0. The van der Waals surface area contributed by atoms with Crippen LogP contribution in [0.2, 0.25) is 0 Å². The molecule has 0 saturated carbocycles. The van der Waals surface area contributed by atoms with Gasteiger partial charge in [0, 0.05) is 11.2 Å². The lowest BCUT2D eigenvalue weighted by Crippen LogP contribution is -2.30. The number of likely N-dealkylation sites (tertiary alicyclic amines) is 2. The third-order valence-corrected chi connectivity index (χ3v) is 8.65. The van der Waals surface area contributed by atoms with Crippen molar-refractivity contribution < 1.29 is 0 Å². The summed E-state index contributed by atoms with van der Waals surface area (Å²) in [6.07, 6.45) is 32.9. The minimum atomic E-state index is 0.769. The molecule has 0 spiro atoms. The van der Waals surface area contributed by atoms with Crippen LogP contribution in [0.5, 0.6) is 0 Å². The smallest absolute Gasteiger partial charge is 0.0231 e. The maximum atomic E-state index is 5.27. The molecule has 2 saturated heterocycles. The second-order valence-corrected chi connectivity index (χ2v) is 12.7. The molecule has 0 amide bonds. The molecular weight excluding hydrogens is 540 g/mol. The molecule has 0 aromatic rings. The maximum Gasteiger partial charge on any atom is 0.0231 e. The molecule has 2 nitrogen and oxygen atoms in total. The molecule has 0 aliphatic carbocycles. The molecule has 2 heterocycles. The van der Waals surface area contributed by atoms with Gasteiger partial charge in [-0.05, 0) is 84.2 Å². The Morgan fingerprint density at radius 1 is 0.459 bits per heavy atom. The normalized spacial score (nSPS) is 16.5. The highest BCUT2D eigenvalue weighted by Gasteiger charge is 2.09. The summed E-state index contributed by atoms with van der Waals surface area (Å²) >= 11 is 8.50. The first-order valence-corrected chi connectivity index (χ1v) is 18.5.